The van der Waals surface area contributed by atoms with Gasteiger partial charge in [-0.05, 0) is 41.5 Å². The fraction of sp³-hybridized carbons (Fsp3) is 0.276. The number of piperazine rings is 1. The molecule has 2 aromatic heterocycles. The number of fused-ring (bicyclic) bond motifs is 2. The summed E-state index contributed by atoms with van der Waals surface area (Å²) in [6.45, 7) is 0.486. The number of nitrogen functional groups attached to an aromatic ring is 1. The highest BCUT2D eigenvalue weighted by Crippen LogP contribution is 2.32. The third kappa shape index (κ3) is 5.83. The number of nitrogens with one attached hydrogen (secondary N) is 1. The van der Waals surface area contributed by atoms with Crippen LogP contribution in [0.15, 0.2) is 54.7 Å². The van der Waals surface area contributed by atoms with Crippen molar-refractivity contribution < 1.29 is 19.5 Å². The number of carbonyl (C=O) groups excluding carboxylic acids is 3. The van der Waals surface area contributed by atoms with Gasteiger partial charge in [-0.25, -0.2) is 9.78 Å². The Hall–Kier alpha value is -4.17. The molecule has 2 aliphatic rings. The van der Waals surface area contributed by atoms with Gasteiger partial charge in [0.25, 0.3) is 0 Å². The van der Waals surface area contributed by atoms with Crippen LogP contribution >= 0.6 is 34.5 Å². The molecule has 2 aromatic carbocycles. The van der Waals surface area contributed by atoms with E-state index in [1.165, 1.54) is 33.5 Å². The van der Waals surface area contributed by atoms with Crippen LogP contribution in [0.2, 0.25) is 10.0 Å². The third-order valence-corrected chi connectivity index (χ3v) is 9.35. The summed E-state index contributed by atoms with van der Waals surface area (Å²) in [5.41, 5.74) is 8.81. The van der Waals surface area contributed by atoms with Crippen molar-refractivity contribution in [2.24, 2.45) is 0 Å². The highest BCUT2D eigenvalue weighted by molar-refractivity contribution is 7.22. The molecule has 0 spiro atoms. The van der Waals surface area contributed by atoms with E-state index >= 15 is 0 Å². The zero-order valence-electron chi connectivity index (χ0n) is 23.5. The van der Waals surface area contributed by atoms with Gasteiger partial charge in [-0.3, -0.25) is 19.6 Å². The van der Waals surface area contributed by atoms with Crippen LogP contribution in [-0.4, -0.2) is 85.1 Å². The van der Waals surface area contributed by atoms with E-state index in [2.05, 4.69) is 15.3 Å². The maximum atomic E-state index is 14.0. The van der Waals surface area contributed by atoms with Crippen molar-refractivity contribution >= 4 is 67.7 Å². The van der Waals surface area contributed by atoms with Crippen molar-refractivity contribution in [3.63, 3.8) is 0 Å². The van der Waals surface area contributed by atoms with Gasteiger partial charge >= 0.3 is 6.03 Å². The fourth-order valence-corrected chi connectivity index (χ4v) is 6.70. The van der Waals surface area contributed by atoms with Gasteiger partial charge in [-0.15, -0.1) is 0 Å². The van der Waals surface area contributed by atoms with Crippen LogP contribution < -0.4 is 11.1 Å². The number of halogens is 2. The molecule has 4 N–H and O–H groups in total. The topological polar surface area (TPSA) is 148 Å². The number of benzene rings is 2. The zero-order chi connectivity index (χ0) is 31.1. The van der Waals surface area contributed by atoms with Crippen LogP contribution in [0, 0.1) is 0 Å². The number of hydrazine groups is 1. The number of para-hydroxylation sites is 1. The molecule has 4 aromatic rings. The van der Waals surface area contributed by atoms with E-state index in [9.17, 15) is 19.5 Å². The summed E-state index contributed by atoms with van der Waals surface area (Å²) in [6, 6.07) is 12.6. The second-order valence-electron chi connectivity index (χ2n) is 10.6. The number of hydrogen-bond acceptors (Lipinski definition) is 9. The summed E-state index contributed by atoms with van der Waals surface area (Å²) in [4.78, 5) is 52.7. The molecule has 0 unspecified atom stereocenters. The van der Waals surface area contributed by atoms with Gasteiger partial charge in [0.2, 0.25) is 11.8 Å². The monoisotopic (exact) mass is 654 g/mol. The van der Waals surface area contributed by atoms with E-state index in [1.54, 1.807) is 41.2 Å². The zero-order valence-corrected chi connectivity index (χ0v) is 25.8. The number of amides is 4. The molecule has 4 heterocycles. The van der Waals surface area contributed by atoms with Gasteiger partial charge in [-0.2, -0.15) is 5.01 Å². The Bertz CT molecular complexity index is 1750. The first kappa shape index (κ1) is 29.9. The maximum Gasteiger partial charge on any atom is 0.332 e. The Balaban J connectivity index is 1.27. The van der Waals surface area contributed by atoms with Gasteiger partial charge in [0, 0.05) is 32.3 Å². The van der Waals surface area contributed by atoms with Crippen LogP contribution in [0.1, 0.15) is 16.8 Å². The SMILES string of the molecule is CN(C(=O)NCc1ccc(Cl)c(Cl)c1)N1CC(=O)N2[C@@H](Cc3ccc(O)cn3)C(=O)N(Cc3cccc4sc(N)nc34)C[C@@H]21. The lowest BCUT2D eigenvalue weighted by Crippen LogP contribution is -2.65. The number of pyridine rings is 1. The van der Waals surface area contributed by atoms with Gasteiger partial charge in [0.05, 0.1) is 39.5 Å². The second kappa shape index (κ2) is 12.1. The molecule has 228 valence electrons. The van der Waals surface area contributed by atoms with Crippen molar-refractivity contribution in [2.45, 2.75) is 31.7 Å². The quantitative estimate of drug-likeness (QED) is 0.274. The molecule has 0 saturated carbocycles. The summed E-state index contributed by atoms with van der Waals surface area (Å²) >= 11 is 13.5. The number of aromatic hydroxyl groups is 1. The molecule has 12 nitrogen and oxygen atoms in total. The van der Waals surface area contributed by atoms with Crippen LogP contribution in [0.5, 0.6) is 5.75 Å². The number of hydrogen-bond donors (Lipinski definition) is 3. The van der Waals surface area contributed by atoms with Crippen molar-refractivity contribution in [1.29, 1.82) is 0 Å². The van der Waals surface area contributed by atoms with Crippen molar-refractivity contribution in [1.82, 2.24) is 35.1 Å². The summed E-state index contributed by atoms with van der Waals surface area (Å²) < 4.78 is 0.909. The first-order chi connectivity index (χ1) is 21.1. The number of urea groups is 1. The van der Waals surface area contributed by atoms with E-state index in [-0.39, 0.29) is 50.2 Å². The molecule has 2 atom stereocenters. The van der Waals surface area contributed by atoms with E-state index < -0.39 is 18.2 Å². The minimum atomic E-state index is -0.879. The normalized spacial score (nSPS) is 18.6. The highest BCUT2D eigenvalue weighted by atomic mass is 35.5. The van der Waals surface area contributed by atoms with Gasteiger partial charge in [-0.1, -0.05) is 52.7 Å². The molecule has 0 aliphatic carbocycles. The van der Waals surface area contributed by atoms with Crippen molar-refractivity contribution in [2.75, 3.05) is 25.9 Å². The number of rotatable bonds is 7. The Morgan fingerprint density at radius 2 is 2.00 bits per heavy atom. The Kier molecular flexibility index (Phi) is 8.20. The summed E-state index contributed by atoms with van der Waals surface area (Å²) in [7, 11) is 1.58. The minimum Gasteiger partial charge on any atom is -0.506 e. The molecule has 2 saturated heterocycles. The second-order valence-corrected chi connectivity index (χ2v) is 12.4. The van der Waals surface area contributed by atoms with Crippen LogP contribution in [-0.2, 0) is 29.1 Å². The average Bonchev–Trinajstić information content (AvgIpc) is 3.55. The predicted molar refractivity (Wildman–Crippen MR) is 167 cm³/mol. The largest absolute Gasteiger partial charge is 0.506 e. The molecule has 0 bridgehead atoms. The Morgan fingerprint density at radius 1 is 1.18 bits per heavy atom. The highest BCUT2D eigenvalue weighted by Gasteiger charge is 2.51. The lowest BCUT2D eigenvalue weighted by Gasteiger charge is -2.45. The Labute approximate surface area is 266 Å². The molecule has 2 fully saturated rings. The first-order valence-electron chi connectivity index (χ1n) is 13.7. The summed E-state index contributed by atoms with van der Waals surface area (Å²) in [6.07, 6.45) is 0.810. The summed E-state index contributed by atoms with van der Waals surface area (Å²) in [5, 5.41) is 16.8. The van der Waals surface area contributed by atoms with Crippen LogP contribution in [0.4, 0.5) is 9.93 Å². The number of nitrogens with zero attached hydrogens (tertiary/aromatic N) is 6. The molecular weight excluding hydrogens is 627 g/mol. The van der Waals surface area contributed by atoms with E-state index in [4.69, 9.17) is 28.9 Å². The number of thiazole rings is 1. The first-order valence-corrected chi connectivity index (χ1v) is 15.3. The van der Waals surface area contributed by atoms with E-state index in [0.717, 1.165) is 21.3 Å². The molecule has 4 amide bonds. The Morgan fingerprint density at radius 3 is 2.75 bits per heavy atom. The minimum absolute atomic E-state index is 0.00390. The molecular formula is C29H28Cl2N8O4S. The molecule has 6 rings (SSSR count). The van der Waals surface area contributed by atoms with Gasteiger partial charge in [0.15, 0.2) is 5.13 Å². The van der Waals surface area contributed by atoms with E-state index in [1.807, 2.05) is 18.2 Å². The third-order valence-electron chi connectivity index (χ3n) is 7.77. The summed E-state index contributed by atoms with van der Waals surface area (Å²) in [5.74, 6) is -0.542. The predicted octanol–water partition coefficient (Wildman–Crippen LogP) is 3.47. The van der Waals surface area contributed by atoms with Crippen molar-refractivity contribution in [3.8, 4) is 5.75 Å². The smallest absolute Gasteiger partial charge is 0.332 e. The van der Waals surface area contributed by atoms with Gasteiger partial charge in [0.1, 0.15) is 18.0 Å². The number of carbonyl (C=O) groups is 3. The standard InChI is InChI=1S/C29H28Cl2N8O4S/c1-36(29(43)34-11-16-5-8-20(30)21(31)9-16)38-15-25(41)39-22(10-18-6-7-19(40)12-33-18)27(42)37(14-24(38)39)13-17-3-2-4-23-26(17)35-28(32)44-23/h2-9,12,22,24,40H,10-11,13-15H2,1H3,(H2,32,35)(H,34,43)/t22-,24+/m0/s1. The van der Waals surface area contributed by atoms with Crippen LogP contribution in [0.25, 0.3) is 10.2 Å². The van der Waals surface area contributed by atoms with E-state index in [0.29, 0.717) is 20.9 Å². The number of nitrogens with two attached hydrogens (primary N) is 1. The fourth-order valence-electron chi connectivity index (χ4n) is 5.60. The average molecular weight is 656 g/mol. The lowest BCUT2D eigenvalue weighted by atomic mass is 10.0. The number of aromatic nitrogens is 2. The van der Waals surface area contributed by atoms with Gasteiger partial charge < -0.3 is 26.0 Å². The van der Waals surface area contributed by atoms with Crippen molar-refractivity contribution in [3.05, 3.63) is 81.6 Å². The lowest BCUT2D eigenvalue weighted by molar-refractivity contribution is -0.157. The number of anilines is 1. The maximum absolute atomic E-state index is 14.0. The van der Waals surface area contributed by atoms with Crippen LogP contribution in [0.3, 0.4) is 0 Å². The molecule has 0 radical (unpaired) electrons. The molecule has 44 heavy (non-hydrogen) atoms. The molecule has 2 aliphatic heterocycles. The molecule has 15 heteroatoms.